The summed E-state index contributed by atoms with van der Waals surface area (Å²) in [5.41, 5.74) is 7.34. The third kappa shape index (κ3) is 2.43. The Hall–Kier alpha value is -0.930. The lowest BCUT2D eigenvalue weighted by molar-refractivity contribution is 0.0848. The van der Waals surface area contributed by atoms with Crippen molar-refractivity contribution in [2.45, 2.75) is 56.6 Å². The van der Waals surface area contributed by atoms with Crippen LogP contribution in [0.25, 0.3) is 0 Å². The summed E-state index contributed by atoms with van der Waals surface area (Å²) >= 11 is 0. The minimum atomic E-state index is -0.213. The number of hydrogen-bond acceptors (Lipinski definition) is 2. The van der Waals surface area contributed by atoms with Crippen molar-refractivity contribution in [1.29, 1.82) is 0 Å². The van der Waals surface area contributed by atoms with Crippen molar-refractivity contribution >= 4 is 0 Å². The van der Waals surface area contributed by atoms with Crippen LogP contribution in [0, 0.1) is 5.82 Å². The van der Waals surface area contributed by atoms with Crippen LogP contribution in [-0.4, -0.2) is 17.3 Å². The van der Waals surface area contributed by atoms with Gasteiger partial charge in [-0.3, -0.25) is 0 Å². The monoisotopic (exact) mass is 251 g/mol. The molecule has 1 aliphatic carbocycles. The highest BCUT2D eigenvalue weighted by molar-refractivity contribution is 5.29. The summed E-state index contributed by atoms with van der Waals surface area (Å²) in [6, 6.07) is 6.77. The largest absolute Gasteiger partial charge is 0.393 e. The normalized spacial score (nSPS) is 30.1. The molecule has 0 amide bonds. The van der Waals surface area contributed by atoms with Crippen molar-refractivity contribution < 1.29 is 9.50 Å². The highest BCUT2D eigenvalue weighted by Gasteiger charge is 2.40. The van der Waals surface area contributed by atoms with Gasteiger partial charge in [0.2, 0.25) is 0 Å². The Balaban J connectivity index is 2.33. The standard InChI is InChI=1S/C15H22FNO/c1-2-14(17)15(9-7-13(18)8-10-15)11-3-5-12(16)6-4-11/h3-6,13-14,18H,2,7-10,17H2,1H3/t13?,14-,15?/m1/s1. The lowest BCUT2D eigenvalue weighted by atomic mass is 9.64. The van der Waals surface area contributed by atoms with E-state index >= 15 is 0 Å². The smallest absolute Gasteiger partial charge is 0.123 e. The molecule has 0 aromatic heterocycles. The van der Waals surface area contributed by atoms with Crippen LogP contribution in [0.3, 0.4) is 0 Å². The first kappa shape index (κ1) is 13.5. The summed E-state index contributed by atoms with van der Waals surface area (Å²) in [5.74, 6) is -0.213. The van der Waals surface area contributed by atoms with Crippen molar-refractivity contribution in [2.75, 3.05) is 0 Å². The predicted octanol–water partition coefficient (Wildman–Crippen LogP) is 2.74. The fourth-order valence-electron chi connectivity index (χ4n) is 3.16. The van der Waals surface area contributed by atoms with E-state index in [1.807, 2.05) is 12.1 Å². The average Bonchev–Trinajstić information content (AvgIpc) is 2.40. The van der Waals surface area contributed by atoms with E-state index in [1.165, 1.54) is 12.1 Å². The van der Waals surface area contributed by atoms with E-state index in [0.717, 1.165) is 37.7 Å². The Morgan fingerprint density at radius 3 is 2.39 bits per heavy atom. The van der Waals surface area contributed by atoms with Crippen molar-refractivity contribution in [3.8, 4) is 0 Å². The molecule has 18 heavy (non-hydrogen) atoms. The first-order chi connectivity index (χ1) is 8.58. The van der Waals surface area contributed by atoms with E-state index in [1.54, 1.807) is 0 Å². The molecule has 3 N–H and O–H groups in total. The fraction of sp³-hybridized carbons (Fsp3) is 0.600. The van der Waals surface area contributed by atoms with Crippen LogP contribution in [0.2, 0.25) is 0 Å². The number of hydrogen-bond donors (Lipinski definition) is 2. The van der Waals surface area contributed by atoms with E-state index in [4.69, 9.17) is 5.73 Å². The molecule has 0 unspecified atom stereocenters. The van der Waals surface area contributed by atoms with Crippen molar-refractivity contribution in [1.82, 2.24) is 0 Å². The zero-order valence-corrected chi connectivity index (χ0v) is 10.9. The number of benzene rings is 1. The van der Waals surface area contributed by atoms with Gasteiger partial charge in [-0.1, -0.05) is 19.1 Å². The van der Waals surface area contributed by atoms with Crippen molar-refractivity contribution in [3.63, 3.8) is 0 Å². The molecule has 0 heterocycles. The molecule has 2 nitrogen and oxygen atoms in total. The Bertz CT molecular complexity index is 382. The number of nitrogens with two attached hydrogens (primary N) is 1. The van der Waals surface area contributed by atoms with Gasteiger partial charge in [0, 0.05) is 11.5 Å². The first-order valence-electron chi connectivity index (χ1n) is 6.78. The molecule has 0 bridgehead atoms. The van der Waals surface area contributed by atoms with Gasteiger partial charge in [-0.25, -0.2) is 4.39 Å². The van der Waals surface area contributed by atoms with Gasteiger partial charge < -0.3 is 10.8 Å². The maximum Gasteiger partial charge on any atom is 0.123 e. The molecule has 1 aliphatic rings. The highest BCUT2D eigenvalue weighted by atomic mass is 19.1. The summed E-state index contributed by atoms with van der Waals surface area (Å²) in [4.78, 5) is 0. The van der Waals surface area contributed by atoms with E-state index < -0.39 is 0 Å². The predicted molar refractivity (Wildman–Crippen MR) is 70.8 cm³/mol. The van der Waals surface area contributed by atoms with Gasteiger partial charge in [0.05, 0.1) is 6.10 Å². The molecule has 1 fully saturated rings. The molecular formula is C15H22FNO. The van der Waals surface area contributed by atoms with Gasteiger partial charge in [-0.2, -0.15) is 0 Å². The summed E-state index contributed by atoms with van der Waals surface area (Å²) in [6.45, 7) is 2.08. The zero-order chi connectivity index (χ0) is 13.2. The second-order valence-corrected chi connectivity index (χ2v) is 5.41. The zero-order valence-electron chi connectivity index (χ0n) is 10.9. The third-order valence-electron chi connectivity index (χ3n) is 4.42. The SMILES string of the molecule is CC[C@@H](N)C1(c2ccc(F)cc2)CCC(O)CC1. The van der Waals surface area contributed by atoms with Crippen molar-refractivity contribution in [3.05, 3.63) is 35.6 Å². The van der Waals surface area contributed by atoms with Crippen LogP contribution in [0.5, 0.6) is 0 Å². The maximum atomic E-state index is 13.1. The quantitative estimate of drug-likeness (QED) is 0.867. The second kappa shape index (κ2) is 5.37. The maximum absolute atomic E-state index is 13.1. The molecule has 0 spiro atoms. The Labute approximate surface area is 108 Å². The lowest BCUT2D eigenvalue weighted by Gasteiger charge is -2.43. The molecule has 3 heteroatoms. The number of aliphatic hydroxyl groups excluding tert-OH is 1. The molecule has 0 aliphatic heterocycles. The Kier molecular flexibility index (Phi) is 4.03. The van der Waals surface area contributed by atoms with Gasteiger partial charge in [-0.15, -0.1) is 0 Å². The highest BCUT2D eigenvalue weighted by Crippen LogP contribution is 2.42. The van der Waals surface area contributed by atoms with Gasteiger partial charge in [0.25, 0.3) is 0 Å². The first-order valence-corrected chi connectivity index (χ1v) is 6.78. The molecule has 1 saturated carbocycles. The van der Waals surface area contributed by atoms with Gasteiger partial charge in [0.15, 0.2) is 0 Å². The van der Waals surface area contributed by atoms with Crippen LogP contribution in [0.15, 0.2) is 24.3 Å². The molecule has 1 atom stereocenters. The summed E-state index contributed by atoms with van der Waals surface area (Å²) < 4.78 is 13.1. The van der Waals surface area contributed by atoms with Crippen LogP contribution in [0.1, 0.15) is 44.6 Å². The van der Waals surface area contributed by atoms with Gasteiger partial charge in [-0.05, 0) is 49.8 Å². The van der Waals surface area contributed by atoms with Crippen LogP contribution in [-0.2, 0) is 5.41 Å². The fourth-order valence-corrected chi connectivity index (χ4v) is 3.16. The van der Waals surface area contributed by atoms with Crippen LogP contribution in [0.4, 0.5) is 4.39 Å². The summed E-state index contributed by atoms with van der Waals surface area (Å²) in [6.07, 6.45) is 4.02. The number of halogens is 1. The number of aliphatic hydroxyl groups is 1. The average molecular weight is 251 g/mol. The van der Waals surface area contributed by atoms with Crippen LogP contribution >= 0.6 is 0 Å². The Morgan fingerprint density at radius 2 is 1.89 bits per heavy atom. The van der Waals surface area contributed by atoms with E-state index in [9.17, 15) is 9.50 Å². The molecule has 100 valence electrons. The number of rotatable bonds is 3. The summed E-state index contributed by atoms with van der Waals surface area (Å²) in [7, 11) is 0. The third-order valence-corrected chi connectivity index (χ3v) is 4.42. The van der Waals surface area contributed by atoms with Crippen molar-refractivity contribution in [2.24, 2.45) is 5.73 Å². The Morgan fingerprint density at radius 1 is 1.33 bits per heavy atom. The van der Waals surface area contributed by atoms with E-state index in [0.29, 0.717) is 0 Å². The molecule has 1 aromatic carbocycles. The lowest BCUT2D eigenvalue weighted by Crippen LogP contribution is -2.48. The van der Waals surface area contributed by atoms with E-state index in [-0.39, 0.29) is 23.4 Å². The molecule has 0 radical (unpaired) electrons. The minimum absolute atomic E-state index is 0.0652. The summed E-state index contributed by atoms with van der Waals surface area (Å²) in [5, 5.41) is 9.69. The van der Waals surface area contributed by atoms with E-state index in [2.05, 4.69) is 6.92 Å². The molecule has 0 saturated heterocycles. The minimum Gasteiger partial charge on any atom is -0.393 e. The topological polar surface area (TPSA) is 46.2 Å². The molecule has 2 rings (SSSR count). The second-order valence-electron chi connectivity index (χ2n) is 5.41. The van der Waals surface area contributed by atoms with Gasteiger partial charge in [0.1, 0.15) is 5.82 Å². The molecular weight excluding hydrogens is 229 g/mol. The van der Waals surface area contributed by atoms with Gasteiger partial charge >= 0.3 is 0 Å². The van der Waals surface area contributed by atoms with Crippen LogP contribution < -0.4 is 5.73 Å². The molecule has 1 aromatic rings.